The predicted molar refractivity (Wildman–Crippen MR) is 80.7 cm³/mol. The fourth-order valence-corrected chi connectivity index (χ4v) is 5.57. The molecule has 0 spiro atoms. The first-order chi connectivity index (χ1) is 10.9. The van der Waals surface area contributed by atoms with Gasteiger partial charge in [-0.05, 0) is 18.8 Å². The number of hydrogen-bond donors (Lipinski definition) is 1. The molecular weight excluding hydrogens is 322 g/mol. The predicted octanol–water partition coefficient (Wildman–Crippen LogP) is 1.03. The lowest BCUT2D eigenvalue weighted by atomic mass is 10.0. The molecule has 1 N–H and O–H groups in total. The van der Waals surface area contributed by atoms with Crippen LogP contribution < -0.4 is 0 Å². The fraction of sp³-hybridized carbons (Fsp3) is 0.600. The lowest BCUT2D eigenvalue weighted by Crippen LogP contribution is -2.60. The minimum Gasteiger partial charge on any atom is -0.477 e. The van der Waals surface area contributed by atoms with E-state index in [1.54, 1.807) is 6.08 Å². The number of sulfone groups is 1. The van der Waals surface area contributed by atoms with Gasteiger partial charge in [0, 0.05) is 12.7 Å². The van der Waals surface area contributed by atoms with Crippen LogP contribution in [-0.4, -0.2) is 49.4 Å². The summed E-state index contributed by atoms with van der Waals surface area (Å²) < 4.78 is 30.7. The summed E-state index contributed by atoms with van der Waals surface area (Å²) in [5.41, 5.74) is -0.177. The highest BCUT2D eigenvalue weighted by atomic mass is 32.2. The van der Waals surface area contributed by atoms with Crippen LogP contribution in [0.3, 0.4) is 0 Å². The monoisotopic (exact) mass is 341 g/mol. The van der Waals surface area contributed by atoms with Crippen molar-refractivity contribution in [2.24, 2.45) is 5.92 Å². The van der Waals surface area contributed by atoms with Crippen LogP contribution in [0.4, 0.5) is 0 Å². The van der Waals surface area contributed by atoms with E-state index in [4.69, 9.17) is 4.74 Å². The van der Waals surface area contributed by atoms with E-state index in [1.807, 2.05) is 0 Å². The molecule has 126 valence electrons. The molecule has 1 saturated carbocycles. The summed E-state index contributed by atoms with van der Waals surface area (Å²) in [4.78, 5) is 24.3. The Morgan fingerprint density at radius 2 is 2.04 bits per heavy atom. The van der Waals surface area contributed by atoms with Crippen molar-refractivity contribution in [1.82, 2.24) is 4.90 Å². The van der Waals surface area contributed by atoms with Gasteiger partial charge in [-0.1, -0.05) is 18.9 Å². The molecule has 8 heteroatoms. The zero-order valence-electron chi connectivity index (χ0n) is 12.8. The van der Waals surface area contributed by atoms with E-state index in [0.29, 0.717) is 0 Å². The third-order valence-electron chi connectivity index (χ3n) is 4.67. The Bertz CT molecular complexity index is 714. The molecule has 23 heavy (non-hydrogen) atoms. The average molecular weight is 341 g/mol. The molecule has 3 rings (SSSR count). The molecule has 1 aliphatic carbocycles. The number of methoxy groups -OCH3 is 1. The van der Waals surface area contributed by atoms with Crippen LogP contribution in [-0.2, 0) is 24.2 Å². The van der Waals surface area contributed by atoms with Gasteiger partial charge in [-0.15, -0.1) is 0 Å². The number of rotatable bonds is 4. The standard InChI is InChI=1S/C15H19NO6S/c1-22-8-10-11(6-9-4-2-3-5-9)23(20,21)13-7-12(17)16(13)14(10)15(18)19/h6,9,13H,2-5,7-8H2,1H3,(H,18,19)/b11-6+/t13-/m0/s1. The van der Waals surface area contributed by atoms with Gasteiger partial charge in [0.1, 0.15) is 5.70 Å². The van der Waals surface area contributed by atoms with Crippen LogP contribution in [0, 0.1) is 5.92 Å². The molecule has 0 unspecified atom stereocenters. The maximum atomic E-state index is 12.8. The SMILES string of the molecule is COCC1=C(C(=O)O)N2C(=O)C[C@@H]2S(=O)(=O)/C1=C/C1CCCC1. The molecule has 0 aromatic heterocycles. The number of carboxylic acids is 1. The van der Waals surface area contributed by atoms with Gasteiger partial charge in [0.2, 0.25) is 5.91 Å². The van der Waals surface area contributed by atoms with Crippen LogP contribution in [0.25, 0.3) is 0 Å². The van der Waals surface area contributed by atoms with Gasteiger partial charge >= 0.3 is 5.97 Å². The zero-order valence-corrected chi connectivity index (χ0v) is 13.6. The minimum absolute atomic E-state index is 0.0393. The highest BCUT2D eigenvalue weighted by Crippen LogP contribution is 2.43. The number of hydrogen-bond acceptors (Lipinski definition) is 5. The van der Waals surface area contributed by atoms with E-state index in [1.165, 1.54) is 7.11 Å². The normalized spacial score (nSPS) is 28.9. The number of β-lactam (4-membered cyclic amide) rings is 1. The van der Waals surface area contributed by atoms with E-state index >= 15 is 0 Å². The third kappa shape index (κ3) is 2.49. The largest absolute Gasteiger partial charge is 0.477 e. The molecule has 1 amide bonds. The topological polar surface area (TPSA) is 101 Å². The number of fused-ring (bicyclic) bond motifs is 1. The van der Waals surface area contributed by atoms with Crippen molar-refractivity contribution in [1.29, 1.82) is 0 Å². The van der Waals surface area contributed by atoms with Crippen LogP contribution in [0.2, 0.25) is 0 Å². The molecular formula is C15H19NO6S. The van der Waals surface area contributed by atoms with Crippen molar-refractivity contribution in [3.63, 3.8) is 0 Å². The van der Waals surface area contributed by atoms with Crippen molar-refractivity contribution in [2.45, 2.75) is 37.5 Å². The number of aliphatic carboxylic acids is 1. The molecule has 0 aromatic rings. The maximum Gasteiger partial charge on any atom is 0.353 e. The number of carboxylic acid groups (broad SMARTS) is 1. The number of nitrogens with zero attached hydrogens (tertiary/aromatic N) is 1. The number of amides is 1. The summed E-state index contributed by atoms with van der Waals surface area (Å²) in [5, 5.41) is 8.41. The summed E-state index contributed by atoms with van der Waals surface area (Å²) >= 11 is 0. The third-order valence-corrected chi connectivity index (χ3v) is 6.76. The molecule has 2 fully saturated rings. The number of allylic oxidation sites excluding steroid dienone is 1. The van der Waals surface area contributed by atoms with Crippen molar-refractivity contribution in [3.05, 3.63) is 22.3 Å². The molecule has 0 aromatic carbocycles. The van der Waals surface area contributed by atoms with Gasteiger partial charge in [-0.3, -0.25) is 9.69 Å². The Morgan fingerprint density at radius 3 is 2.57 bits per heavy atom. The van der Waals surface area contributed by atoms with Crippen molar-refractivity contribution in [2.75, 3.05) is 13.7 Å². The molecule has 7 nitrogen and oxygen atoms in total. The fourth-order valence-electron chi connectivity index (χ4n) is 3.53. The van der Waals surface area contributed by atoms with Gasteiger partial charge in [-0.25, -0.2) is 13.2 Å². The highest BCUT2D eigenvalue weighted by Gasteiger charge is 2.55. The lowest BCUT2D eigenvalue weighted by molar-refractivity contribution is -0.146. The molecule has 1 atom stereocenters. The molecule has 3 aliphatic rings. The van der Waals surface area contributed by atoms with Crippen LogP contribution in [0.15, 0.2) is 22.3 Å². The lowest BCUT2D eigenvalue weighted by Gasteiger charge is -2.44. The quantitative estimate of drug-likeness (QED) is 0.767. The molecule has 2 aliphatic heterocycles. The molecule has 2 heterocycles. The Morgan fingerprint density at radius 1 is 1.39 bits per heavy atom. The Labute approximate surface area is 134 Å². The molecule has 1 saturated heterocycles. The average Bonchev–Trinajstić information content (AvgIpc) is 2.97. The number of carbonyl (C=O) groups excluding carboxylic acids is 1. The van der Waals surface area contributed by atoms with Gasteiger partial charge in [0.25, 0.3) is 0 Å². The van der Waals surface area contributed by atoms with Gasteiger partial charge in [0.15, 0.2) is 15.2 Å². The first kappa shape index (κ1) is 16.2. The van der Waals surface area contributed by atoms with Crippen LogP contribution in [0.1, 0.15) is 32.1 Å². The summed E-state index contributed by atoms with van der Waals surface area (Å²) in [6.07, 6.45) is 5.39. The molecule has 0 bridgehead atoms. The van der Waals surface area contributed by atoms with Crippen LogP contribution >= 0.6 is 0 Å². The summed E-state index contributed by atoms with van der Waals surface area (Å²) in [5.74, 6) is -1.66. The van der Waals surface area contributed by atoms with E-state index in [2.05, 4.69) is 0 Å². The van der Waals surface area contributed by atoms with Crippen molar-refractivity contribution >= 4 is 21.7 Å². The smallest absolute Gasteiger partial charge is 0.353 e. The Kier molecular flexibility index (Phi) is 4.05. The maximum absolute atomic E-state index is 12.8. The number of carbonyl (C=O) groups is 2. The summed E-state index contributed by atoms with van der Waals surface area (Å²) in [7, 11) is -2.39. The first-order valence-corrected chi connectivity index (χ1v) is 9.16. The van der Waals surface area contributed by atoms with Gasteiger partial charge in [-0.2, -0.15) is 0 Å². The summed E-state index contributed by atoms with van der Waals surface area (Å²) in [6.45, 7) is -0.157. The van der Waals surface area contributed by atoms with Crippen molar-refractivity contribution in [3.8, 4) is 0 Å². The number of ether oxygens (including phenoxy) is 1. The second-order valence-corrected chi connectivity index (χ2v) is 8.18. The first-order valence-electron chi connectivity index (χ1n) is 7.61. The van der Waals surface area contributed by atoms with E-state index in [0.717, 1.165) is 30.6 Å². The Balaban J connectivity index is 2.18. The molecule has 0 radical (unpaired) electrons. The highest BCUT2D eigenvalue weighted by molar-refractivity contribution is 7.96. The van der Waals surface area contributed by atoms with E-state index < -0.39 is 27.1 Å². The summed E-state index contributed by atoms with van der Waals surface area (Å²) in [6, 6.07) is 0. The second kappa shape index (κ2) is 5.76. The zero-order chi connectivity index (χ0) is 16.8. The van der Waals surface area contributed by atoms with Crippen molar-refractivity contribution < 1.29 is 27.9 Å². The minimum atomic E-state index is -3.76. The van der Waals surface area contributed by atoms with Gasteiger partial charge < -0.3 is 9.84 Å². The van der Waals surface area contributed by atoms with E-state index in [-0.39, 0.29) is 35.1 Å². The van der Waals surface area contributed by atoms with Crippen LogP contribution in [0.5, 0.6) is 0 Å². The van der Waals surface area contributed by atoms with Gasteiger partial charge in [0.05, 0.1) is 17.9 Å². The Hall–Kier alpha value is -1.67. The van der Waals surface area contributed by atoms with E-state index in [9.17, 15) is 23.1 Å². The second-order valence-electron chi connectivity index (χ2n) is 6.11.